The molecule has 0 aliphatic carbocycles. The lowest BCUT2D eigenvalue weighted by molar-refractivity contribution is -0.299. The number of rotatable bonds is 6. The maximum Gasteiger partial charge on any atom is 0.311 e. The summed E-state index contributed by atoms with van der Waals surface area (Å²) in [5, 5.41) is 33.3. The summed E-state index contributed by atoms with van der Waals surface area (Å²) in [4.78, 5) is 29.7. The Bertz CT molecular complexity index is 1090. The van der Waals surface area contributed by atoms with Gasteiger partial charge in [-0.25, -0.2) is 0 Å². The van der Waals surface area contributed by atoms with Crippen molar-refractivity contribution in [3.05, 3.63) is 0 Å². The van der Waals surface area contributed by atoms with E-state index >= 15 is 0 Å². The molecule has 13 heteroatoms. The molecule has 0 bridgehead atoms. The molecule has 3 N–H and O–H groups in total. The second-order valence-electron chi connectivity index (χ2n) is 15.3. The first-order valence-corrected chi connectivity index (χ1v) is 17.7. The van der Waals surface area contributed by atoms with Crippen molar-refractivity contribution in [2.75, 3.05) is 27.8 Å². The van der Waals surface area contributed by atoms with Crippen LogP contribution >= 0.6 is 0 Å². The van der Waals surface area contributed by atoms with Gasteiger partial charge in [0, 0.05) is 37.3 Å². The lowest BCUT2D eigenvalue weighted by Crippen LogP contribution is -2.57. The van der Waals surface area contributed by atoms with Crippen LogP contribution in [0.15, 0.2) is 0 Å². The van der Waals surface area contributed by atoms with Crippen molar-refractivity contribution in [3.8, 4) is 0 Å². The van der Waals surface area contributed by atoms with Crippen molar-refractivity contribution >= 4 is 11.8 Å². The number of carbonyl (C=O) groups is 2. The van der Waals surface area contributed by atoms with Gasteiger partial charge in [0.05, 0.1) is 49.1 Å². The first-order valence-electron chi connectivity index (χ1n) is 17.7. The predicted molar refractivity (Wildman–Crippen MR) is 174 cm³/mol. The topological polar surface area (TPSA) is 166 Å². The van der Waals surface area contributed by atoms with E-state index in [0.717, 1.165) is 0 Å². The number of hydrogen-bond donors (Lipinski definition) is 3. The molecule has 0 unspecified atom stereocenters. The molecule has 4 aliphatic rings. The minimum atomic E-state index is -1.10. The number of esters is 1. The zero-order valence-electron chi connectivity index (χ0n) is 30.6. The number of epoxide rings is 1. The fraction of sp³-hybridized carbons (Fsp3) is 0.943. The van der Waals surface area contributed by atoms with Crippen LogP contribution in [-0.4, -0.2) is 139 Å². The zero-order chi connectivity index (χ0) is 35.8. The number of ketones is 1. The van der Waals surface area contributed by atoms with Crippen LogP contribution in [0.2, 0.25) is 0 Å². The molecule has 4 fully saturated rings. The number of methoxy groups -OCH3 is 1. The quantitative estimate of drug-likeness (QED) is 0.274. The molecule has 4 rings (SSSR count). The van der Waals surface area contributed by atoms with Gasteiger partial charge in [0.1, 0.15) is 18.3 Å². The molecule has 278 valence electrons. The standard InChI is InChI=1S/C35H61NO12/c1-16-14-35(15-43-35)32(40)19(4)27(37)18(3)22(7)46-33(41)21(6)31(47-26-13-25(42-11)28(38)23(8)45-26)20(5)30(16)48-34-29(39)24(36(9)10)12-17(2)44-34/h16-31,34,37-39H,12-15H2,1-11H3/t16-,17+,18-,19+,20+,21+,22+,23+,24-,25+,26-,27-,28-,29-,30-,31-,34-,35-/m0/s1. The summed E-state index contributed by atoms with van der Waals surface area (Å²) in [6.45, 7) is 14.6. The molecule has 0 saturated carbocycles. The molecule has 4 heterocycles. The van der Waals surface area contributed by atoms with Crippen molar-refractivity contribution in [1.29, 1.82) is 0 Å². The van der Waals surface area contributed by atoms with E-state index in [2.05, 4.69) is 0 Å². The first kappa shape index (κ1) is 39.5. The van der Waals surface area contributed by atoms with Crippen molar-refractivity contribution < 1.29 is 58.1 Å². The molecule has 0 amide bonds. The van der Waals surface area contributed by atoms with Gasteiger partial charge in [-0.3, -0.25) is 9.59 Å². The Balaban J connectivity index is 1.75. The fourth-order valence-corrected chi connectivity index (χ4v) is 7.89. The molecule has 0 aromatic heterocycles. The minimum Gasteiger partial charge on any atom is -0.462 e. The van der Waals surface area contributed by atoms with E-state index in [-0.39, 0.29) is 43.3 Å². The average Bonchev–Trinajstić information content (AvgIpc) is 3.82. The highest BCUT2D eigenvalue weighted by Gasteiger charge is 2.57. The molecular formula is C35H61NO12. The van der Waals surface area contributed by atoms with Gasteiger partial charge in [-0.1, -0.05) is 27.7 Å². The van der Waals surface area contributed by atoms with E-state index in [9.17, 15) is 24.9 Å². The van der Waals surface area contributed by atoms with Crippen molar-refractivity contribution in [2.24, 2.45) is 29.6 Å². The van der Waals surface area contributed by atoms with E-state index in [0.29, 0.717) is 6.42 Å². The number of hydrogen-bond acceptors (Lipinski definition) is 13. The normalized spacial score (nSPS) is 49.9. The molecular weight excluding hydrogens is 626 g/mol. The summed E-state index contributed by atoms with van der Waals surface area (Å²) in [6.07, 6.45) is -7.15. The number of likely N-dealkylation sites (N-methyl/N-ethyl adjacent to an activating group) is 1. The van der Waals surface area contributed by atoms with Crippen molar-refractivity contribution in [3.63, 3.8) is 0 Å². The fourth-order valence-electron chi connectivity index (χ4n) is 7.89. The summed E-state index contributed by atoms with van der Waals surface area (Å²) in [5.41, 5.74) is -1.10. The monoisotopic (exact) mass is 687 g/mol. The third kappa shape index (κ3) is 8.43. The number of carbonyl (C=O) groups excluding carboxylic acids is 2. The molecule has 48 heavy (non-hydrogen) atoms. The Morgan fingerprint density at radius 1 is 0.792 bits per heavy atom. The van der Waals surface area contributed by atoms with E-state index in [4.69, 9.17) is 33.2 Å². The molecule has 0 radical (unpaired) electrons. The highest BCUT2D eigenvalue weighted by atomic mass is 16.7. The molecule has 1 spiro atoms. The van der Waals surface area contributed by atoms with Crippen LogP contribution in [0.3, 0.4) is 0 Å². The SMILES string of the molecule is CO[C@@H]1C[C@H](O[C@H]2[C@H](C)[C@@H](O[C@@H]3O[C@H](C)C[C@H](N(C)C)[C@@H]3O)[C@@H](C)C[C@]3(CO3)C(=O)[C@H](C)[C@@H](O)[C@@H](C)[C@@H](C)OC(=O)[C@@H]2C)O[C@H](C)[C@@H]1O. The lowest BCUT2D eigenvalue weighted by atomic mass is 9.76. The second-order valence-corrected chi connectivity index (χ2v) is 15.3. The van der Waals surface area contributed by atoms with Crippen LogP contribution in [-0.2, 0) is 42.7 Å². The Hall–Kier alpha value is -1.26. The molecule has 4 saturated heterocycles. The molecule has 18 atom stereocenters. The van der Waals surface area contributed by atoms with Gasteiger partial charge < -0.3 is 53.4 Å². The van der Waals surface area contributed by atoms with Crippen LogP contribution in [0.4, 0.5) is 0 Å². The van der Waals surface area contributed by atoms with Gasteiger partial charge in [-0.2, -0.15) is 0 Å². The number of aliphatic hydroxyl groups excluding tert-OH is 3. The third-order valence-electron chi connectivity index (χ3n) is 11.4. The summed E-state index contributed by atoms with van der Waals surface area (Å²) in [5.74, 6) is -3.74. The van der Waals surface area contributed by atoms with Gasteiger partial charge in [0.2, 0.25) is 0 Å². The van der Waals surface area contributed by atoms with E-state index < -0.39 is 96.7 Å². The van der Waals surface area contributed by atoms with Gasteiger partial charge >= 0.3 is 5.97 Å². The molecule has 0 aromatic carbocycles. The van der Waals surface area contributed by atoms with Crippen molar-refractivity contribution in [1.82, 2.24) is 4.90 Å². The van der Waals surface area contributed by atoms with E-state index in [1.54, 1.807) is 34.6 Å². The number of ether oxygens (including phenoxy) is 7. The lowest BCUT2D eigenvalue weighted by Gasteiger charge is -2.46. The first-order chi connectivity index (χ1) is 22.4. The minimum absolute atomic E-state index is 0.198. The predicted octanol–water partition coefficient (Wildman–Crippen LogP) is 1.91. The van der Waals surface area contributed by atoms with Crippen LogP contribution in [0, 0.1) is 29.6 Å². The summed E-state index contributed by atoms with van der Waals surface area (Å²) >= 11 is 0. The number of aliphatic hydroxyl groups is 3. The zero-order valence-corrected chi connectivity index (χ0v) is 30.6. The Morgan fingerprint density at radius 3 is 2.02 bits per heavy atom. The van der Waals surface area contributed by atoms with Crippen LogP contribution in [0.25, 0.3) is 0 Å². The van der Waals surface area contributed by atoms with Crippen LogP contribution in [0.1, 0.15) is 74.7 Å². The largest absolute Gasteiger partial charge is 0.462 e. The summed E-state index contributed by atoms with van der Waals surface area (Å²) in [6, 6.07) is -0.219. The van der Waals surface area contributed by atoms with Crippen LogP contribution < -0.4 is 0 Å². The number of Topliss-reactive ketones (excluding diaryl/α,β-unsaturated/α-hetero) is 1. The van der Waals surface area contributed by atoms with Gasteiger partial charge in [-0.15, -0.1) is 0 Å². The highest BCUT2D eigenvalue weighted by Crippen LogP contribution is 2.43. The van der Waals surface area contributed by atoms with Crippen molar-refractivity contribution in [2.45, 2.75) is 154 Å². The molecule has 0 aromatic rings. The van der Waals surface area contributed by atoms with E-state index in [1.807, 2.05) is 39.8 Å². The second kappa shape index (κ2) is 16.0. The maximum absolute atomic E-state index is 13.9. The Labute approximate surface area is 285 Å². The average molecular weight is 688 g/mol. The third-order valence-corrected chi connectivity index (χ3v) is 11.4. The number of cyclic esters (lactones) is 1. The van der Waals surface area contributed by atoms with Gasteiger partial charge in [0.15, 0.2) is 24.0 Å². The van der Waals surface area contributed by atoms with E-state index in [1.165, 1.54) is 7.11 Å². The Kier molecular flexibility index (Phi) is 13.1. The van der Waals surface area contributed by atoms with Gasteiger partial charge in [-0.05, 0) is 60.5 Å². The summed E-state index contributed by atoms with van der Waals surface area (Å²) in [7, 11) is 5.32. The highest BCUT2D eigenvalue weighted by molar-refractivity contribution is 5.92. The molecule has 13 nitrogen and oxygen atoms in total. The summed E-state index contributed by atoms with van der Waals surface area (Å²) < 4.78 is 43.0. The van der Waals surface area contributed by atoms with Gasteiger partial charge in [0.25, 0.3) is 0 Å². The smallest absolute Gasteiger partial charge is 0.311 e. The number of nitrogens with zero attached hydrogens (tertiary/aromatic N) is 1. The molecule has 4 aliphatic heterocycles. The maximum atomic E-state index is 13.9. The van der Waals surface area contributed by atoms with Crippen LogP contribution in [0.5, 0.6) is 0 Å². The Morgan fingerprint density at radius 2 is 1.44 bits per heavy atom.